The SMILES string of the molecule is C=C(C)OCOc1cc(NC(=O)C(C)(C)CC)ccc1C(=O)O. The molecule has 0 unspecified atom stereocenters. The highest BCUT2D eigenvalue weighted by molar-refractivity contribution is 5.96. The first kappa shape index (κ1) is 18.5. The van der Waals surface area contributed by atoms with Crippen LogP contribution in [0, 0.1) is 5.41 Å². The molecule has 0 atom stereocenters. The van der Waals surface area contributed by atoms with Gasteiger partial charge >= 0.3 is 5.97 Å². The van der Waals surface area contributed by atoms with E-state index in [9.17, 15) is 14.7 Å². The lowest BCUT2D eigenvalue weighted by molar-refractivity contribution is -0.124. The van der Waals surface area contributed by atoms with Gasteiger partial charge in [0.2, 0.25) is 12.7 Å². The van der Waals surface area contributed by atoms with E-state index in [1.54, 1.807) is 6.92 Å². The number of rotatable bonds is 8. The molecule has 0 spiro atoms. The van der Waals surface area contributed by atoms with Gasteiger partial charge in [0.15, 0.2) is 0 Å². The smallest absolute Gasteiger partial charge is 0.339 e. The zero-order valence-electron chi connectivity index (χ0n) is 13.9. The summed E-state index contributed by atoms with van der Waals surface area (Å²) < 4.78 is 10.4. The number of hydrogen-bond donors (Lipinski definition) is 2. The van der Waals surface area contributed by atoms with Crippen LogP contribution in [0.4, 0.5) is 5.69 Å². The molecular formula is C17H23NO5. The van der Waals surface area contributed by atoms with E-state index in [-0.39, 0.29) is 24.0 Å². The van der Waals surface area contributed by atoms with Crippen molar-refractivity contribution in [3.8, 4) is 5.75 Å². The van der Waals surface area contributed by atoms with Crippen LogP contribution in [-0.2, 0) is 9.53 Å². The quantitative estimate of drug-likeness (QED) is 0.564. The molecule has 6 heteroatoms. The number of benzene rings is 1. The number of carbonyl (C=O) groups is 2. The Balaban J connectivity index is 2.96. The summed E-state index contributed by atoms with van der Waals surface area (Å²) in [6.07, 6.45) is 0.682. The maximum absolute atomic E-state index is 12.2. The average Bonchev–Trinajstić information content (AvgIpc) is 2.46. The molecule has 0 saturated heterocycles. The van der Waals surface area contributed by atoms with Gasteiger partial charge in [-0.1, -0.05) is 27.4 Å². The second kappa shape index (κ2) is 7.67. The Morgan fingerprint density at radius 2 is 2.00 bits per heavy atom. The van der Waals surface area contributed by atoms with Crippen LogP contribution in [0.15, 0.2) is 30.5 Å². The van der Waals surface area contributed by atoms with E-state index < -0.39 is 11.4 Å². The number of ether oxygens (including phenoxy) is 2. The molecule has 0 aliphatic rings. The summed E-state index contributed by atoms with van der Waals surface area (Å²) in [5, 5.41) is 12.0. The van der Waals surface area contributed by atoms with E-state index in [4.69, 9.17) is 9.47 Å². The van der Waals surface area contributed by atoms with Crippen molar-refractivity contribution in [1.29, 1.82) is 0 Å². The molecule has 0 aliphatic carbocycles. The molecule has 0 aromatic heterocycles. The van der Waals surface area contributed by atoms with Crippen LogP contribution in [0.25, 0.3) is 0 Å². The summed E-state index contributed by atoms with van der Waals surface area (Å²) >= 11 is 0. The summed E-state index contributed by atoms with van der Waals surface area (Å²) in [6, 6.07) is 4.38. The maximum atomic E-state index is 12.2. The van der Waals surface area contributed by atoms with Crippen LogP contribution in [0.1, 0.15) is 44.5 Å². The topological polar surface area (TPSA) is 84.9 Å². The Labute approximate surface area is 136 Å². The van der Waals surface area contributed by atoms with Crippen molar-refractivity contribution in [3.63, 3.8) is 0 Å². The molecule has 0 aliphatic heterocycles. The Morgan fingerprint density at radius 1 is 1.35 bits per heavy atom. The third kappa shape index (κ3) is 5.32. The van der Waals surface area contributed by atoms with E-state index in [2.05, 4.69) is 11.9 Å². The fraction of sp³-hybridized carbons (Fsp3) is 0.412. The predicted molar refractivity (Wildman–Crippen MR) is 87.5 cm³/mol. The van der Waals surface area contributed by atoms with Crippen LogP contribution in [0.2, 0.25) is 0 Å². The normalized spacial score (nSPS) is 10.8. The highest BCUT2D eigenvalue weighted by Gasteiger charge is 2.25. The van der Waals surface area contributed by atoms with E-state index in [0.717, 1.165) is 0 Å². The first-order valence-corrected chi connectivity index (χ1v) is 7.27. The summed E-state index contributed by atoms with van der Waals surface area (Å²) in [5.74, 6) is -0.698. The number of carbonyl (C=O) groups excluding carboxylic acids is 1. The van der Waals surface area contributed by atoms with Crippen LogP contribution in [-0.4, -0.2) is 23.8 Å². The van der Waals surface area contributed by atoms with Crippen molar-refractivity contribution in [2.45, 2.75) is 34.1 Å². The largest absolute Gasteiger partial charge is 0.478 e. The number of nitrogens with one attached hydrogen (secondary N) is 1. The number of amides is 1. The number of carboxylic acids is 1. The van der Waals surface area contributed by atoms with Gasteiger partial charge in [-0.25, -0.2) is 4.79 Å². The van der Waals surface area contributed by atoms with Gasteiger partial charge < -0.3 is 19.9 Å². The van der Waals surface area contributed by atoms with Crippen molar-refractivity contribution >= 4 is 17.6 Å². The highest BCUT2D eigenvalue weighted by Crippen LogP contribution is 2.27. The van der Waals surface area contributed by atoms with Crippen LogP contribution in [0.5, 0.6) is 5.75 Å². The van der Waals surface area contributed by atoms with E-state index in [0.29, 0.717) is 17.9 Å². The van der Waals surface area contributed by atoms with Gasteiger partial charge in [-0.15, -0.1) is 0 Å². The summed E-state index contributed by atoms with van der Waals surface area (Å²) in [4.78, 5) is 23.4. The third-order valence-electron chi connectivity index (χ3n) is 3.49. The minimum absolute atomic E-state index is 0.0110. The standard InChI is InChI=1S/C17H23NO5/c1-6-17(4,5)16(21)18-12-7-8-13(15(19)20)14(9-12)23-10-22-11(2)3/h7-9H,2,6,10H2,1,3-5H3,(H,18,21)(H,19,20). The molecule has 1 rings (SSSR count). The first-order valence-electron chi connectivity index (χ1n) is 7.27. The van der Waals surface area contributed by atoms with Gasteiger partial charge in [0.25, 0.3) is 0 Å². The zero-order valence-corrected chi connectivity index (χ0v) is 13.9. The van der Waals surface area contributed by atoms with Crippen molar-refractivity contribution < 1.29 is 24.2 Å². The molecule has 0 bridgehead atoms. The zero-order chi connectivity index (χ0) is 17.6. The van der Waals surface area contributed by atoms with Gasteiger partial charge in [0.05, 0.1) is 5.76 Å². The van der Waals surface area contributed by atoms with E-state index in [1.165, 1.54) is 18.2 Å². The Morgan fingerprint density at radius 3 is 2.52 bits per heavy atom. The molecule has 2 N–H and O–H groups in total. The van der Waals surface area contributed by atoms with Crippen LogP contribution < -0.4 is 10.1 Å². The molecule has 0 radical (unpaired) electrons. The monoisotopic (exact) mass is 321 g/mol. The summed E-state index contributed by atoms with van der Waals surface area (Å²) in [6.45, 7) is 10.7. The van der Waals surface area contributed by atoms with Crippen LogP contribution in [0.3, 0.4) is 0 Å². The van der Waals surface area contributed by atoms with E-state index in [1.807, 2.05) is 20.8 Å². The van der Waals surface area contributed by atoms with Crippen LogP contribution >= 0.6 is 0 Å². The Hall–Kier alpha value is -2.50. The number of allylic oxidation sites excluding steroid dienone is 1. The fourth-order valence-electron chi connectivity index (χ4n) is 1.55. The van der Waals surface area contributed by atoms with Crippen molar-refractivity contribution in [2.75, 3.05) is 12.1 Å². The highest BCUT2D eigenvalue weighted by atomic mass is 16.7. The molecule has 1 aromatic carbocycles. The second-order valence-electron chi connectivity index (χ2n) is 5.82. The number of aromatic carboxylic acids is 1. The van der Waals surface area contributed by atoms with Crippen molar-refractivity contribution in [1.82, 2.24) is 0 Å². The lowest BCUT2D eigenvalue weighted by atomic mass is 9.89. The third-order valence-corrected chi connectivity index (χ3v) is 3.49. The van der Waals surface area contributed by atoms with Gasteiger partial charge in [-0.3, -0.25) is 4.79 Å². The molecular weight excluding hydrogens is 298 g/mol. The fourth-order valence-corrected chi connectivity index (χ4v) is 1.55. The second-order valence-corrected chi connectivity index (χ2v) is 5.82. The minimum atomic E-state index is -1.12. The Bertz CT molecular complexity index is 607. The molecule has 1 aromatic rings. The summed E-state index contributed by atoms with van der Waals surface area (Å²) in [7, 11) is 0. The lowest BCUT2D eigenvalue weighted by Crippen LogP contribution is -2.30. The molecule has 126 valence electrons. The Kier molecular flexibility index (Phi) is 6.18. The number of anilines is 1. The van der Waals surface area contributed by atoms with Crippen molar-refractivity contribution in [2.24, 2.45) is 5.41 Å². The summed E-state index contributed by atoms with van der Waals surface area (Å²) in [5.41, 5.74) is -0.0647. The van der Waals surface area contributed by atoms with Gasteiger partial charge in [0, 0.05) is 17.2 Å². The maximum Gasteiger partial charge on any atom is 0.339 e. The van der Waals surface area contributed by atoms with Crippen molar-refractivity contribution in [3.05, 3.63) is 36.1 Å². The van der Waals surface area contributed by atoms with Gasteiger partial charge in [-0.2, -0.15) is 0 Å². The van der Waals surface area contributed by atoms with Gasteiger partial charge in [0.1, 0.15) is 11.3 Å². The van der Waals surface area contributed by atoms with E-state index >= 15 is 0 Å². The number of carboxylic acid groups (broad SMARTS) is 1. The molecule has 0 saturated carbocycles. The van der Waals surface area contributed by atoms with Gasteiger partial charge in [-0.05, 0) is 25.5 Å². The first-order chi connectivity index (χ1) is 10.7. The number of hydrogen-bond acceptors (Lipinski definition) is 4. The molecule has 0 heterocycles. The molecule has 23 heavy (non-hydrogen) atoms. The molecule has 1 amide bonds. The molecule has 6 nitrogen and oxygen atoms in total. The lowest BCUT2D eigenvalue weighted by Gasteiger charge is -2.21. The molecule has 0 fully saturated rings. The predicted octanol–water partition coefficient (Wildman–Crippen LogP) is 3.65. The average molecular weight is 321 g/mol. The minimum Gasteiger partial charge on any atom is -0.478 e.